The van der Waals surface area contributed by atoms with E-state index >= 15 is 0 Å². The van der Waals surface area contributed by atoms with Crippen molar-refractivity contribution in [2.75, 3.05) is 7.05 Å². The van der Waals surface area contributed by atoms with E-state index in [0.29, 0.717) is 6.04 Å². The number of aliphatic imine (C=N–C) groups is 1. The van der Waals surface area contributed by atoms with Gasteiger partial charge in [0, 0.05) is 7.05 Å². The van der Waals surface area contributed by atoms with Crippen LogP contribution in [-0.2, 0) is 0 Å². The van der Waals surface area contributed by atoms with Gasteiger partial charge in [0.2, 0.25) is 0 Å². The monoisotopic (exact) mass is 124 g/mol. The highest BCUT2D eigenvalue weighted by molar-refractivity contribution is 5.61. The summed E-state index contributed by atoms with van der Waals surface area (Å²) in [7, 11) is 2.03. The van der Waals surface area contributed by atoms with Crippen LogP contribution in [0.15, 0.2) is 16.8 Å². The van der Waals surface area contributed by atoms with Gasteiger partial charge in [0.15, 0.2) is 0 Å². The fraction of sp³-hybridized carbons (Fsp3) is 0.571. The van der Waals surface area contributed by atoms with Crippen molar-refractivity contribution in [2.24, 2.45) is 4.99 Å². The van der Waals surface area contributed by atoms with Crippen LogP contribution in [-0.4, -0.2) is 24.3 Å². The van der Waals surface area contributed by atoms with Crippen LogP contribution < -0.4 is 0 Å². The number of hydrogen-bond donors (Lipinski definition) is 0. The van der Waals surface area contributed by atoms with E-state index in [2.05, 4.69) is 16.8 Å². The molecule has 1 unspecified atom stereocenters. The fourth-order valence-corrected chi connectivity index (χ4v) is 0.890. The van der Waals surface area contributed by atoms with Gasteiger partial charge in [-0.2, -0.15) is 0 Å². The smallest absolute Gasteiger partial charge is 0.0912 e. The maximum atomic E-state index is 4.18. The largest absolute Gasteiger partial charge is 0.357 e. The van der Waals surface area contributed by atoms with Crippen molar-refractivity contribution in [2.45, 2.75) is 19.9 Å². The summed E-state index contributed by atoms with van der Waals surface area (Å²) in [5, 5.41) is 0. The summed E-state index contributed by atoms with van der Waals surface area (Å²) in [4.78, 5) is 6.27. The Hall–Kier alpha value is -0.790. The maximum Gasteiger partial charge on any atom is 0.0912 e. The van der Waals surface area contributed by atoms with Gasteiger partial charge in [-0.1, -0.05) is 6.08 Å². The van der Waals surface area contributed by atoms with Crippen molar-refractivity contribution in [1.82, 2.24) is 4.90 Å². The molecule has 0 aliphatic carbocycles. The van der Waals surface area contributed by atoms with Crippen LogP contribution in [0.3, 0.4) is 0 Å². The highest BCUT2D eigenvalue weighted by Gasteiger charge is 2.14. The molecule has 9 heavy (non-hydrogen) atoms. The minimum atomic E-state index is 0.468. The average molecular weight is 124 g/mol. The predicted octanol–water partition coefficient (Wildman–Crippen LogP) is 1.25. The van der Waals surface area contributed by atoms with Crippen molar-refractivity contribution in [3.8, 4) is 0 Å². The molecule has 0 aromatic heterocycles. The first-order valence-electron chi connectivity index (χ1n) is 3.18. The van der Waals surface area contributed by atoms with Gasteiger partial charge in [0.25, 0.3) is 0 Å². The van der Waals surface area contributed by atoms with Gasteiger partial charge in [-0.3, -0.25) is 0 Å². The Balaban J connectivity index is 2.74. The Kier molecular flexibility index (Phi) is 1.56. The molecule has 1 aliphatic heterocycles. The molecule has 1 atom stereocenters. The topological polar surface area (TPSA) is 15.6 Å². The molecule has 0 fully saturated rings. The molecule has 0 N–H and O–H groups in total. The number of nitrogens with zero attached hydrogens (tertiary/aromatic N) is 2. The van der Waals surface area contributed by atoms with E-state index in [4.69, 9.17) is 0 Å². The molecule has 0 amide bonds. The zero-order valence-electron chi connectivity index (χ0n) is 6.13. The van der Waals surface area contributed by atoms with E-state index in [1.807, 2.05) is 26.4 Å². The minimum absolute atomic E-state index is 0.468. The Labute approximate surface area is 55.9 Å². The molecule has 50 valence electrons. The van der Waals surface area contributed by atoms with Crippen LogP contribution >= 0.6 is 0 Å². The number of allylic oxidation sites excluding steroid dienone is 1. The molecule has 2 heteroatoms. The third-order valence-corrected chi connectivity index (χ3v) is 1.72. The second-order valence-corrected chi connectivity index (χ2v) is 2.30. The second kappa shape index (κ2) is 2.21. The lowest BCUT2D eigenvalue weighted by molar-refractivity contribution is 0.471. The lowest BCUT2D eigenvalue weighted by Crippen LogP contribution is -2.22. The SMILES string of the molecule is C/C=C1/N=CN(C)C1C. The van der Waals surface area contributed by atoms with Crippen LogP contribution in [0.2, 0.25) is 0 Å². The lowest BCUT2D eigenvalue weighted by atomic mass is 10.2. The van der Waals surface area contributed by atoms with Gasteiger partial charge >= 0.3 is 0 Å². The highest BCUT2D eigenvalue weighted by atomic mass is 15.2. The minimum Gasteiger partial charge on any atom is -0.357 e. The van der Waals surface area contributed by atoms with Crippen LogP contribution in [0.5, 0.6) is 0 Å². The van der Waals surface area contributed by atoms with E-state index in [0.717, 1.165) is 5.70 Å². The first kappa shape index (κ1) is 6.33. The molecule has 0 aromatic rings. The molecule has 1 aliphatic rings. The van der Waals surface area contributed by atoms with E-state index in [1.165, 1.54) is 0 Å². The lowest BCUT2D eigenvalue weighted by Gasteiger charge is -2.13. The molecular formula is C7H12N2. The molecule has 0 aromatic carbocycles. The Morgan fingerprint density at radius 3 is 2.67 bits per heavy atom. The molecule has 0 saturated carbocycles. The Bertz CT molecular complexity index is 158. The van der Waals surface area contributed by atoms with Crippen molar-refractivity contribution in [3.63, 3.8) is 0 Å². The number of likely N-dealkylation sites (N-methyl/N-ethyl adjacent to an activating group) is 1. The van der Waals surface area contributed by atoms with Crippen LogP contribution in [0.25, 0.3) is 0 Å². The summed E-state index contributed by atoms with van der Waals surface area (Å²) >= 11 is 0. The Morgan fingerprint density at radius 2 is 2.44 bits per heavy atom. The summed E-state index contributed by atoms with van der Waals surface area (Å²) in [5.41, 5.74) is 1.16. The van der Waals surface area contributed by atoms with Crippen molar-refractivity contribution >= 4 is 6.34 Å². The van der Waals surface area contributed by atoms with E-state index in [-0.39, 0.29) is 0 Å². The average Bonchev–Trinajstić information content (AvgIpc) is 2.15. The normalized spacial score (nSPS) is 30.3. The summed E-state index contributed by atoms with van der Waals surface area (Å²) in [6.07, 6.45) is 3.91. The third kappa shape index (κ3) is 0.969. The van der Waals surface area contributed by atoms with Crippen LogP contribution in [0, 0.1) is 0 Å². The summed E-state index contributed by atoms with van der Waals surface area (Å²) in [6.45, 7) is 4.16. The molecule has 1 heterocycles. The maximum absolute atomic E-state index is 4.18. The summed E-state index contributed by atoms with van der Waals surface area (Å²) < 4.78 is 0. The predicted molar refractivity (Wildman–Crippen MR) is 39.5 cm³/mol. The van der Waals surface area contributed by atoms with Gasteiger partial charge in [0.1, 0.15) is 0 Å². The van der Waals surface area contributed by atoms with E-state index in [1.54, 1.807) is 0 Å². The second-order valence-electron chi connectivity index (χ2n) is 2.30. The quantitative estimate of drug-likeness (QED) is 0.474. The Morgan fingerprint density at radius 1 is 1.78 bits per heavy atom. The van der Waals surface area contributed by atoms with Crippen molar-refractivity contribution < 1.29 is 0 Å². The molecule has 2 nitrogen and oxygen atoms in total. The molecule has 0 bridgehead atoms. The van der Waals surface area contributed by atoms with E-state index in [9.17, 15) is 0 Å². The molecular weight excluding hydrogens is 112 g/mol. The van der Waals surface area contributed by atoms with Gasteiger partial charge < -0.3 is 4.90 Å². The number of rotatable bonds is 0. The molecule has 0 saturated heterocycles. The first-order chi connectivity index (χ1) is 4.25. The third-order valence-electron chi connectivity index (χ3n) is 1.72. The number of hydrogen-bond acceptors (Lipinski definition) is 2. The van der Waals surface area contributed by atoms with Gasteiger partial charge in [-0.15, -0.1) is 0 Å². The van der Waals surface area contributed by atoms with Crippen molar-refractivity contribution in [1.29, 1.82) is 0 Å². The molecule has 0 spiro atoms. The van der Waals surface area contributed by atoms with Gasteiger partial charge in [-0.05, 0) is 13.8 Å². The van der Waals surface area contributed by atoms with Gasteiger partial charge in [0.05, 0.1) is 18.1 Å². The van der Waals surface area contributed by atoms with Crippen molar-refractivity contribution in [3.05, 3.63) is 11.8 Å². The van der Waals surface area contributed by atoms with Crippen LogP contribution in [0.1, 0.15) is 13.8 Å². The highest BCUT2D eigenvalue weighted by Crippen LogP contribution is 2.13. The fourth-order valence-electron chi connectivity index (χ4n) is 0.890. The molecule has 0 radical (unpaired) electrons. The molecule has 1 rings (SSSR count). The first-order valence-corrected chi connectivity index (χ1v) is 3.18. The summed E-state index contributed by atoms with van der Waals surface area (Å²) in [6, 6.07) is 0.468. The zero-order valence-corrected chi connectivity index (χ0v) is 6.13. The summed E-state index contributed by atoms with van der Waals surface area (Å²) in [5.74, 6) is 0. The standard InChI is InChI=1S/C7H12N2/c1-4-7-6(2)9(3)5-8-7/h4-6H,1-3H3/b7-4+. The van der Waals surface area contributed by atoms with E-state index < -0.39 is 0 Å². The van der Waals surface area contributed by atoms with Crippen LogP contribution in [0.4, 0.5) is 0 Å². The zero-order chi connectivity index (χ0) is 6.85. The van der Waals surface area contributed by atoms with Gasteiger partial charge in [-0.25, -0.2) is 4.99 Å².